The number of aliphatic hydroxyl groups excluding tert-OH is 3. The molecule has 0 aliphatic heterocycles. The summed E-state index contributed by atoms with van der Waals surface area (Å²) in [5.74, 6) is -0.0184. The van der Waals surface area contributed by atoms with Gasteiger partial charge in [0, 0.05) is 40.6 Å². The Bertz CT molecular complexity index is 3350. The molecule has 438 valence electrons. The number of carboxylic acid groups (broad SMARTS) is 1. The van der Waals surface area contributed by atoms with Gasteiger partial charge in [0.2, 0.25) is 0 Å². The number of methoxy groups -OCH3 is 1. The summed E-state index contributed by atoms with van der Waals surface area (Å²) in [6, 6.07) is 34.7. The number of hydrogen-bond donors (Lipinski definition) is 5. The highest BCUT2D eigenvalue weighted by Gasteiger charge is 2.76. The van der Waals surface area contributed by atoms with E-state index in [-0.39, 0.29) is 40.3 Å². The lowest BCUT2D eigenvalue weighted by Gasteiger charge is -2.73. The number of rotatable bonds is 16. The lowest BCUT2D eigenvalue weighted by molar-refractivity contribution is -0.164. The van der Waals surface area contributed by atoms with Gasteiger partial charge in [0.1, 0.15) is 5.75 Å². The van der Waals surface area contributed by atoms with Gasteiger partial charge in [-0.15, -0.1) is 0 Å². The van der Waals surface area contributed by atoms with Crippen molar-refractivity contribution < 1.29 is 35.1 Å². The summed E-state index contributed by atoms with van der Waals surface area (Å²) in [6.07, 6.45) is 30.0. The second-order valence-electron chi connectivity index (χ2n) is 28.7. The Morgan fingerprint density at radius 1 is 0.819 bits per heavy atom. The highest BCUT2D eigenvalue weighted by Crippen LogP contribution is 2.82. The van der Waals surface area contributed by atoms with Crippen LogP contribution in [0.5, 0.6) is 5.75 Å². The highest BCUT2D eigenvalue weighted by atomic mass is 16.5. The molecule has 13 rings (SSSR count). The first kappa shape index (κ1) is 56.6. The molecule has 9 aliphatic carbocycles. The van der Waals surface area contributed by atoms with Gasteiger partial charge in [0.05, 0.1) is 31.0 Å². The van der Waals surface area contributed by atoms with Crippen LogP contribution in [0.15, 0.2) is 144 Å². The Morgan fingerprint density at radius 3 is 2.33 bits per heavy atom. The third-order valence-corrected chi connectivity index (χ3v) is 24.9. The van der Waals surface area contributed by atoms with Gasteiger partial charge in [-0.3, -0.25) is 4.79 Å². The molecule has 0 spiro atoms. The number of aliphatic carboxylic acids is 1. The average Bonchev–Trinajstić information content (AvgIpc) is 1.54. The van der Waals surface area contributed by atoms with Crippen molar-refractivity contribution in [1.29, 1.82) is 0 Å². The van der Waals surface area contributed by atoms with Crippen LogP contribution in [0.3, 0.4) is 0 Å². The van der Waals surface area contributed by atoms with Gasteiger partial charge in [-0.05, 0) is 218 Å². The fraction of sp³-hybridized carbons (Fsp3) is 0.539. The lowest BCUT2D eigenvalue weighted by atomic mass is 9.30. The molecule has 12 atom stereocenters. The van der Waals surface area contributed by atoms with E-state index >= 15 is 0 Å². The van der Waals surface area contributed by atoms with E-state index < -0.39 is 46.3 Å². The number of hydrogen-bond acceptors (Lipinski definition) is 6. The Morgan fingerprint density at radius 2 is 1.58 bits per heavy atom. The Kier molecular flexibility index (Phi) is 15.1. The topological polar surface area (TPSA) is 127 Å². The van der Waals surface area contributed by atoms with Gasteiger partial charge >= 0.3 is 5.97 Å². The maximum Gasteiger partial charge on any atom is 0.306 e. The van der Waals surface area contributed by atoms with E-state index in [0.29, 0.717) is 37.7 Å². The van der Waals surface area contributed by atoms with Crippen molar-refractivity contribution in [2.24, 2.45) is 74.4 Å². The molecular weight excluding hydrogens is 1020 g/mol. The smallest absolute Gasteiger partial charge is 0.306 e. The maximum atomic E-state index is 14.3. The molecule has 5 N–H and O–H groups in total. The van der Waals surface area contributed by atoms with Crippen LogP contribution in [0.2, 0.25) is 0 Å². The molecule has 0 radical (unpaired) electrons. The molecular formula is C76H92O7. The number of phenolic OH excluding ortho intramolecular Hbond substituents is 1. The first-order valence-corrected chi connectivity index (χ1v) is 32.5. The van der Waals surface area contributed by atoms with E-state index in [1.165, 1.54) is 63.8 Å². The summed E-state index contributed by atoms with van der Waals surface area (Å²) < 4.78 is 5.39. The molecule has 2 bridgehead atoms. The van der Waals surface area contributed by atoms with Gasteiger partial charge in [-0.1, -0.05) is 160 Å². The zero-order valence-electron chi connectivity index (χ0n) is 50.0. The number of aliphatic hydroxyl groups is 3. The van der Waals surface area contributed by atoms with E-state index in [9.17, 15) is 30.3 Å². The van der Waals surface area contributed by atoms with Crippen molar-refractivity contribution >= 4 is 17.6 Å². The molecule has 4 aromatic carbocycles. The molecule has 7 nitrogen and oxygen atoms in total. The van der Waals surface area contributed by atoms with Crippen molar-refractivity contribution in [3.8, 4) is 16.9 Å². The molecule has 0 heterocycles. The summed E-state index contributed by atoms with van der Waals surface area (Å²) >= 11 is 0. The van der Waals surface area contributed by atoms with Crippen molar-refractivity contribution in [2.45, 2.75) is 168 Å². The van der Waals surface area contributed by atoms with E-state index in [4.69, 9.17) is 4.74 Å². The summed E-state index contributed by atoms with van der Waals surface area (Å²) in [5.41, 5.74) is 11.1. The van der Waals surface area contributed by atoms with Crippen LogP contribution in [-0.4, -0.2) is 57.4 Å². The van der Waals surface area contributed by atoms with Gasteiger partial charge in [-0.25, -0.2) is 0 Å². The minimum Gasteiger partial charge on any atom is -0.516 e. The van der Waals surface area contributed by atoms with E-state index in [1.807, 2.05) is 12.1 Å². The summed E-state index contributed by atoms with van der Waals surface area (Å²) in [7, 11) is 1.76. The van der Waals surface area contributed by atoms with Crippen LogP contribution in [0.1, 0.15) is 153 Å². The number of ether oxygens (including phenoxy) is 1. The van der Waals surface area contributed by atoms with Crippen LogP contribution in [0.25, 0.3) is 22.8 Å². The molecule has 9 aliphatic rings. The zero-order valence-corrected chi connectivity index (χ0v) is 50.0. The zero-order chi connectivity index (χ0) is 57.5. The van der Waals surface area contributed by atoms with Crippen molar-refractivity contribution in [3.63, 3.8) is 0 Å². The predicted octanol–water partition coefficient (Wildman–Crippen LogP) is 14.8. The predicted molar refractivity (Wildman–Crippen MR) is 331 cm³/mol. The summed E-state index contributed by atoms with van der Waals surface area (Å²) in [5, 5.41) is 61.3. The SMILES string of the molecule is COCCc1ccc(CC2CCC([C@@]34C[C@@H](O)[C@H]([C@@H](CC/C(=C\O)[C@@H](C)C5CCCCC5)C(=O)O)[C@@]3(C)CCC3=C4C[C@@]45C=CC[C@]6(C)[C@@H](O)CC[C@@]3([C@H]3C=c7ccccc7=C(Cc7cccc(-c8ccc(O)cc8)c7)C3=C4)[C@@H]56)CC2)cc1. The van der Waals surface area contributed by atoms with E-state index in [2.05, 4.69) is 118 Å². The molecule has 0 saturated heterocycles. The number of phenols is 1. The fourth-order valence-electron chi connectivity index (χ4n) is 21.3. The van der Waals surface area contributed by atoms with Crippen LogP contribution < -0.4 is 10.4 Å². The molecule has 4 fully saturated rings. The first-order chi connectivity index (χ1) is 40.2. The molecule has 0 amide bonds. The van der Waals surface area contributed by atoms with E-state index in [1.54, 1.807) is 30.4 Å². The van der Waals surface area contributed by atoms with Crippen LogP contribution in [0, 0.1) is 74.4 Å². The Hall–Kier alpha value is -5.47. The first-order valence-electron chi connectivity index (χ1n) is 32.5. The number of fused-ring (bicyclic) bond motifs is 4. The van der Waals surface area contributed by atoms with Gasteiger partial charge in [-0.2, -0.15) is 0 Å². The second kappa shape index (κ2) is 22.1. The minimum absolute atomic E-state index is 0.0659. The Labute approximate surface area is 494 Å². The molecule has 0 aromatic heterocycles. The van der Waals surface area contributed by atoms with Gasteiger partial charge in [0.25, 0.3) is 0 Å². The highest BCUT2D eigenvalue weighted by molar-refractivity contribution is 5.77. The monoisotopic (exact) mass is 1120 g/mol. The summed E-state index contributed by atoms with van der Waals surface area (Å²) in [6.45, 7) is 7.84. The fourth-order valence-corrected chi connectivity index (χ4v) is 21.3. The quantitative estimate of drug-likeness (QED) is 0.0559. The number of benzene rings is 4. The third-order valence-electron chi connectivity index (χ3n) is 24.9. The molecule has 4 aromatic rings. The molecule has 7 heteroatoms. The Balaban J connectivity index is 0.939. The van der Waals surface area contributed by atoms with Crippen molar-refractivity contribution in [1.82, 2.24) is 0 Å². The second-order valence-corrected chi connectivity index (χ2v) is 28.7. The maximum absolute atomic E-state index is 14.3. The van der Waals surface area contributed by atoms with Crippen LogP contribution in [0.4, 0.5) is 0 Å². The third kappa shape index (κ3) is 9.24. The lowest BCUT2D eigenvalue weighted by Crippen LogP contribution is -2.68. The molecule has 4 saturated carbocycles. The van der Waals surface area contributed by atoms with Gasteiger partial charge in [0.15, 0.2) is 0 Å². The number of aromatic hydroxyl groups is 1. The van der Waals surface area contributed by atoms with Crippen molar-refractivity contribution in [3.05, 3.63) is 171 Å². The average molecular weight is 1120 g/mol. The van der Waals surface area contributed by atoms with Crippen LogP contribution in [-0.2, 0) is 28.8 Å². The molecule has 83 heavy (non-hydrogen) atoms. The van der Waals surface area contributed by atoms with Crippen molar-refractivity contribution in [2.75, 3.05) is 13.7 Å². The number of carbonyl (C=O) groups is 1. The number of allylic oxidation sites excluding steroid dienone is 7. The minimum atomic E-state index is -0.810. The summed E-state index contributed by atoms with van der Waals surface area (Å²) in [4.78, 5) is 14.3. The largest absolute Gasteiger partial charge is 0.516 e. The van der Waals surface area contributed by atoms with E-state index in [0.717, 1.165) is 113 Å². The standard InChI is InChI=1S/C76H92O7/c1-48(53-13-6-5-7-14-53)57(47-77)26-31-61(70(81)82)69-67(79)46-76(58-27-22-51(23-28-58)40-50-20-18-49(19-21-50)34-39-83-4)66-45-74-36-11-35-72(2)68(80)33-38-75(71(72)74,64(66)32-37-73(69,76)3)65-43-56-15-8-9-17-60(56)62(63(65)44-74)42-52-12-10-16-55(41-52)54-24-29-59(78)30-25-54/h8-12,15-21,24-25,29-30,36,41,43-44,47-48,51,53,58,61,65,67-69,71,77-80H,5-7,13-14,22-23,26-28,31-35,37-40,42,45-46H2,1-4H3,(H,81,82)/b57-47+/t48-,51?,58?,61+,65-,67+,68-,69-,71+,72+,73+,74+,75+,76+/m0/s1. The number of carboxylic acids is 1. The molecule has 0 unspecified atom stereocenters. The normalized spacial score (nSPS) is 35.2. The van der Waals surface area contributed by atoms with Crippen LogP contribution >= 0.6 is 0 Å². The van der Waals surface area contributed by atoms with Gasteiger partial charge < -0.3 is 30.3 Å².